The fourth-order valence-electron chi connectivity index (χ4n) is 3.12. The van der Waals surface area contributed by atoms with Gasteiger partial charge in [0.05, 0.1) is 11.7 Å². The summed E-state index contributed by atoms with van der Waals surface area (Å²) in [5, 5.41) is 9.90. The third kappa shape index (κ3) is 2.21. The molecule has 1 aliphatic carbocycles. The molecule has 0 aromatic heterocycles. The first-order chi connectivity index (χ1) is 7.17. The van der Waals surface area contributed by atoms with E-state index in [1.165, 1.54) is 25.7 Å². The van der Waals surface area contributed by atoms with Gasteiger partial charge in [0.1, 0.15) is 0 Å². The second-order valence-electron chi connectivity index (χ2n) is 5.47. The minimum Gasteiger partial charge on any atom is -0.393 e. The van der Waals surface area contributed by atoms with E-state index in [2.05, 4.69) is 13.8 Å². The standard InChI is InChI=1S/C13H24O2/c1-3-12(14)10(2)11-5-8-15-13(9-11)6-4-7-13/h10-12,14H,3-9H2,1-2H3. The molecule has 2 heteroatoms. The molecule has 2 rings (SSSR count). The second kappa shape index (κ2) is 4.42. The Morgan fingerprint density at radius 2 is 2.20 bits per heavy atom. The summed E-state index contributed by atoms with van der Waals surface area (Å²) in [6, 6.07) is 0. The average Bonchev–Trinajstić information content (AvgIpc) is 2.25. The Bertz CT molecular complexity index is 211. The molecule has 2 aliphatic rings. The number of ether oxygens (including phenoxy) is 1. The van der Waals surface area contributed by atoms with E-state index in [1.54, 1.807) is 0 Å². The van der Waals surface area contributed by atoms with E-state index in [-0.39, 0.29) is 11.7 Å². The van der Waals surface area contributed by atoms with E-state index in [0.29, 0.717) is 11.8 Å². The highest BCUT2D eigenvalue weighted by Gasteiger charge is 2.44. The Kier molecular flexibility index (Phi) is 3.36. The van der Waals surface area contributed by atoms with Crippen LogP contribution in [0.25, 0.3) is 0 Å². The molecule has 1 spiro atoms. The fraction of sp³-hybridized carbons (Fsp3) is 1.00. The Morgan fingerprint density at radius 1 is 1.47 bits per heavy atom. The molecular weight excluding hydrogens is 188 g/mol. The van der Waals surface area contributed by atoms with E-state index in [4.69, 9.17) is 4.74 Å². The van der Waals surface area contributed by atoms with Crippen molar-refractivity contribution in [2.45, 2.75) is 64.1 Å². The zero-order valence-corrected chi connectivity index (χ0v) is 10.0. The summed E-state index contributed by atoms with van der Waals surface area (Å²) in [6.45, 7) is 5.18. The molecule has 1 N–H and O–H groups in total. The van der Waals surface area contributed by atoms with Crippen molar-refractivity contribution in [1.29, 1.82) is 0 Å². The average molecular weight is 212 g/mol. The number of hydrogen-bond donors (Lipinski definition) is 1. The van der Waals surface area contributed by atoms with Crippen LogP contribution in [0.1, 0.15) is 52.4 Å². The van der Waals surface area contributed by atoms with Gasteiger partial charge in [-0.2, -0.15) is 0 Å². The zero-order chi connectivity index (χ0) is 10.9. The minimum absolute atomic E-state index is 0.120. The molecule has 0 amide bonds. The number of aliphatic hydroxyl groups is 1. The van der Waals surface area contributed by atoms with Gasteiger partial charge in [-0.15, -0.1) is 0 Å². The Balaban J connectivity index is 1.92. The lowest BCUT2D eigenvalue weighted by atomic mass is 9.68. The third-order valence-electron chi connectivity index (χ3n) is 4.56. The molecule has 1 saturated carbocycles. The predicted octanol–water partition coefficient (Wildman–Crippen LogP) is 2.74. The van der Waals surface area contributed by atoms with Crippen molar-refractivity contribution in [3.8, 4) is 0 Å². The number of hydrogen-bond acceptors (Lipinski definition) is 2. The van der Waals surface area contributed by atoms with Crippen LogP contribution in [0.5, 0.6) is 0 Å². The molecule has 3 unspecified atom stereocenters. The molecule has 1 saturated heterocycles. The summed E-state index contributed by atoms with van der Waals surface area (Å²) < 4.78 is 5.91. The fourth-order valence-corrected chi connectivity index (χ4v) is 3.12. The third-order valence-corrected chi connectivity index (χ3v) is 4.56. The molecule has 2 fully saturated rings. The van der Waals surface area contributed by atoms with E-state index in [9.17, 15) is 5.11 Å². The molecule has 15 heavy (non-hydrogen) atoms. The molecule has 0 aromatic carbocycles. The van der Waals surface area contributed by atoms with Gasteiger partial charge in [-0.3, -0.25) is 0 Å². The van der Waals surface area contributed by atoms with Crippen LogP contribution in [-0.4, -0.2) is 23.4 Å². The Hall–Kier alpha value is -0.0800. The highest BCUT2D eigenvalue weighted by Crippen LogP contribution is 2.46. The lowest BCUT2D eigenvalue weighted by molar-refractivity contribution is -0.154. The summed E-state index contributed by atoms with van der Waals surface area (Å²) in [5.41, 5.74) is 0.227. The summed E-state index contributed by atoms with van der Waals surface area (Å²) in [7, 11) is 0. The van der Waals surface area contributed by atoms with Gasteiger partial charge in [-0.05, 0) is 50.4 Å². The second-order valence-corrected chi connectivity index (χ2v) is 5.47. The molecule has 88 valence electrons. The molecule has 1 aliphatic heterocycles. The van der Waals surface area contributed by atoms with Gasteiger partial charge >= 0.3 is 0 Å². The molecule has 2 nitrogen and oxygen atoms in total. The first kappa shape index (κ1) is 11.4. The maximum absolute atomic E-state index is 9.90. The molecule has 0 aromatic rings. The lowest BCUT2D eigenvalue weighted by Crippen LogP contribution is -2.47. The normalized spacial score (nSPS) is 33.4. The van der Waals surface area contributed by atoms with Crippen LogP contribution in [0.3, 0.4) is 0 Å². The van der Waals surface area contributed by atoms with Gasteiger partial charge < -0.3 is 9.84 Å². The first-order valence-corrected chi connectivity index (χ1v) is 6.49. The summed E-state index contributed by atoms with van der Waals surface area (Å²) in [4.78, 5) is 0. The van der Waals surface area contributed by atoms with Crippen molar-refractivity contribution in [2.24, 2.45) is 11.8 Å². The van der Waals surface area contributed by atoms with Gasteiger partial charge in [-0.1, -0.05) is 13.8 Å². The van der Waals surface area contributed by atoms with E-state index < -0.39 is 0 Å². The largest absolute Gasteiger partial charge is 0.393 e. The predicted molar refractivity (Wildman–Crippen MR) is 60.7 cm³/mol. The number of aliphatic hydroxyl groups excluding tert-OH is 1. The van der Waals surface area contributed by atoms with Crippen molar-refractivity contribution in [1.82, 2.24) is 0 Å². The topological polar surface area (TPSA) is 29.5 Å². The van der Waals surface area contributed by atoms with E-state index >= 15 is 0 Å². The summed E-state index contributed by atoms with van der Waals surface area (Å²) in [6.07, 6.45) is 6.91. The van der Waals surface area contributed by atoms with Crippen LogP contribution < -0.4 is 0 Å². The Labute approximate surface area is 93.0 Å². The first-order valence-electron chi connectivity index (χ1n) is 6.49. The molecular formula is C13H24O2. The summed E-state index contributed by atoms with van der Waals surface area (Å²) >= 11 is 0. The van der Waals surface area contributed by atoms with Crippen LogP contribution >= 0.6 is 0 Å². The highest BCUT2D eigenvalue weighted by atomic mass is 16.5. The van der Waals surface area contributed by atoms with Crippen LogP contribution in [0.15, 0.2) is 0 Å². The smallest absolute Gasteiger partial charge is 0.0685 e. The maximum Gasteiger partial charge on any atom is 0.0685 e. The van der Waals surface area contributed by atoms with Crippen molar-refractivity contribution < 1.29 is 9.84 Å². The van der Waals surface area contributed by atoms with Crippen LogP contribution in [-0.2, 0) is 4.74 Å². The molecule has 1 heterocycles. The van der Waals surface area contributed by atoms with E-state index in [1.807, 2.05) is 0 Å². The van der Waals surface area contributed by atoms with Gasteiger partial charge in [0.15, 0.2) is 0 Å². The van der Waals surface area contributed by atoms with Crippen LogP contribution in [0.2, 0.25) is 0 Å². The van der Waals surface area contributed by atoms with Crippen LogP contribution in [0.4, 0.5) is 0 Å². The zero-order valence-electron chi connectivity index (χ0n) is 10.0. The quantitative estimate of drug-likeness (QED) is 0.779. The van der Waals surface area contributed by atoms with Gasteiger partial charge in [0.25, 0.3) is 0 Å². The number of rotatable bonds is 3. The molecule has 3 atom stereocenters. The van der Waals surface area contributed by atoms with Gasteiger partial charge in [-0.25, -0.2) is 0 Å². The Morgan fingerprint density at radius 3 is 2.73 bits per heavy atom. The van der Waals surface area contributed by atoms with Crippen LogP contribution in [0, 0.1) is 11.8 Å². The van der Waals surface area contributed by atoms with Gasteiger partial charge in [0.2, 0.25) is 0 Å². The highest BCUT2D eigenvalue weighted by molar-refractivity contribution is 4.95. The maximum atomic E-state index is 9.90. The van der Waals surface area contributed by atoms with Crippen molar-refractivity contribution in [2.75, 3.05) is 6.61 Å². The molecule has 0 radical (unpaired) electrons. The minimum atomic E-state index is -0.120. The summed E-state index contributed by atoms with van der Waals surface area (Å²) in [5.74, 6) is 1.12. The molecule has 0 bridgehead atoms. The van der Waals surface area contributed by atoms with Crippen molar-refractivity contribution in [3.05, 3.63) is 0 Å². The monoisotopic (exact) mass is 212 g/mol. The van der Waals surface area contributed by atoms with E-state index in [0.717, 1.165) is 19.4 Å². The SMILES string of the molecule is CCC(O)C(C)C1CCOC2(CCC2)C1. The van der Waals surface area contributed by atoms with Crippen molar-refractivity contribution >= 4 is 0 Å². The van der Waals surface area contributed by atoms with Gasteiger partial charge in [0, 0.05) is 6.61 Å². The van der Waals surface area contributed by atoms with Crippen molar-refractivity contribution in [3.63, 3.8) is 0 Å². The lowest BCUT2D eigenvalue weighted by Gasteiger charge is -2.49.